The molecule has 8 heteroatoms. The maximum Gasteiger partial charge on any atom is 0.345 e. The van der Waals surface area contributed by atoms with Crippen LogP contribution in [-0.2, 0) is 7.05 Å². The van der Waals surface area contributed by atoms with E-state index in [9.17, 15) is 9.59 Å². The van der Waals surface area contributed by atoms with Crippen molar-refractivity contribution in [1.82, 2.24) is 14.8 Å². The normalized spacial score (nSPS) is 10.8. The SMILES string of the molecule is Cn1ccc(C(=O)Nc2[nH]nc3sc(C(=O)O)cc23)c1. The third kappa shape index (κ3) is 2.05. The summed E-state index contributed by atoms with van der Waals surface area (Å²) < 4.78 is 1.77. The molecule has 0 unspecified atom stereocenters. The smallest absolute Gasteiger partial charge is 0.345 e. The molecule has 3 heterocycles. The Morgan fingerprint density at radius 2 is 2.30 bits per heavy atom. The topological polar surface area (TPSA) is 100 Å². The van der Waals surface area contributed by atoms with Crippen molar-refractivity contribution in [3.63, 3.8) is 0 Å². The van der Waals surface area contributed by atoms with E-state index in [1.54, 1.807) is 23.0 Å². The number of aromatic carboxylic acids is 1. The molecule has 0 atom stereocenters. The first-order valence-corrected chi connectivity index (χ1v) is 6.51. The average molecular weight is 290 g/mol. The lowest BCUT2D eigenvalue weighted by Crippen LogP contribution is -2.11. The van der Waals surface area contributed by atoms with Crippen LogP contribution in [0.5, 0.6) is 0 Å². The predicted octanol–water partition coefficient (Wildman–Crippen LogP) is 1.91. The Bertz CT molecular complexity index is 814. The molecule has 102 valence electrons. The number of carboxylic acid groups (broad SMARTS) is 1. The number of amides is 1. The summed E-state index contributed by atoms with van der Waals surface area (Å²) in [5.74, 6) is -0.884. The number of aromatic nitrogens is 3. The number of rotatable bonds is 3. The van der Waals surface area contributed by atoms with Gasteiger partial charge in [-0.15, -0.1) is 11.3 Å². The number of aromatic amines is 1. The van der Waals surface area contributed by atoms with E-state index in [0.29, 0.717) is 21.6 Å². The van der Waals surface area contributed by atoms with Crippen LogP contribution in [0, 0.1) is 0 Å². The van der Waals surface area contributed by atoms with Gasteiger partial charge in [-0.1, -0.05) is 0 Å². The van der Waals surface area contributed by atoms with E-state index in [0.717, 1.165) is 11.3 Å². The molecule has 0 aliphatic rings. The molecule has 1 amide bonds. The molecule has 0 aliphatic carbocycles. The fraction of sp³-hybridized carbons (Fsp3) is 0.0833. The first-order chi connectivity index (χ1) is 9.54. The summed E-state index contributed by atoms with van der Waals surface area (Å²) in [4.78, 5) is 23.7. The van der Waals surface area contributed by atoms with Gasteiger partial charge in [0.1, 0.15) is 15.5 Å². The Kier molecular flexibility index (Phi) is 2.79. The third-order valence-electron chi connectivity index (χ3n) is 2.79. The van der Waals surface area contributed by atoms with Gasteiger partial charge in [0.2, 0.25) is 0 Å². The molecule has 0 aromatic carbocycles. The molecule has 3 N–H and O–H groups in total. The van der Waals surface area contributed by atoms with E-state index < -0.39 is 5.97 Å². The number of nitrogens with one attached hydrogen (secondary N) is 2. The minimum absolute atomic E-state index is 0.187. The highest BCUT2D eigenvalue weighted by Crippen LogP contribution is 2.29. The minimum atomic E-state index is -1.01. The summed E-state index contributed by atoms with van der Waals surface area (Å²) in [6, 6.07) is 3.19. The van der Waals surface area contributed by atoms with Gasteiger partial charge in [0, 0.05) is 19.4 Å². The number of carboxylic acids is 1. The van der Waals surface area contributed by atoms with Crippen LogP contribution in [0.1, 0.15) is 20.0 Å². The zero-order chi connectivity index (χ0) is 14.3. The Hall–Kier alpha value is -2.61. The van der Waals surface area contributed by atoms with Crippen molar-refractivity contribution in [3.8, 4) is 0 Å². The van der Waals surface area contributed by atoms with Gasteiger partial charge in [0.15, 0.2) is 0 Å². The van der Waals surface area contributed by atoms with Crippen molar-refractivity contribution in [2.75, 3.05) is 5.32 Å². The number of aryl methyl sites for hydroxylation is 1. The fourth-order valence-corrected chi connectivity index (χ4v) is 2.67. The molecular weight excluding hydrogens is 280 g/mol. The minimum Gasteiger partial charge on any atom is -0.477 e. The molecule has 7 nitrogen and oxygen atoms in total. The molecule has 0 saturated carbocycles. The second kappa shape index (κ2) is 4.49. The number of carbonyl (C=O) groups excluding carboxylic acids is 1. The molecule has 3 aromatic rings. The van der Waals surface area contributed by atoms with Crippen molar-refractivity contribution in [3.05, 3.63) is 35.0 Å². The van der Waals surface area contributed by atoms with E-state index in [1.165, 1.54) is 6.07 Å². The van der Waals surface area contributed by atoms with Gasteiger partial charge in [-0.3, -0.25) is 9.89 Å². The second-order valence-corrected chi connectivity index (χ2v) is 5.28. The maximum atomic E-state index is 12.0. The quantitative estimate of drug-likeness (QED) is 0.686. The van der Waals surface area contributed by atoms with E-state index in [2.05, 4.69) is 15.5 Å². The summed E-state index contributed by atoms with van der Waals surface area (Å²) in [7, 11) is 1.82. The molecule has 0 spiro atoms. The number of hydrogen-bond acceptors (Lipinski definition) is 4. The highest BCUT2D eigenvalue weighted by molar-refractivity contribution is 7.20. The van der Waals surface area contributed by atoms with Gasteiger partial charge in [-0.2, -0.15) is 5.10 Å². The lowest BCUT2D eigenvalue weighted by Gasteiger charge is -2.00. The summed E-state index contributed by atoms with van der Waals surface area (Å²) in [6.07, 6.45) is 3.46. The summed E-state index contributed by atoms with van der Waals surface area (Å²) in [6.45, 7) is 0. The number of thiophene rings is 1. The van der Waals surface area contributed by atoms with Crippen LogP contribution in [0.15, 0.2) is 24.5 Å². The Balaban J connectivity index is 1.90. The Morgan fingerprint density at radius 3 is 2.95 bits per heavy atom. The average Bonchev–Trinajstić information content (AvgIpc) is 3.05. The lowest BCUT2D eigenvalue weighted by molar-refractivity contribution is 0.0702. The molecule has 0 aliphatic heterocycles. The summed E-state index contributed by atoms with van der Waals surface area (Å²) in [5.41, 5.74) is 0.518. The molecule has 0 radical (unpaired) electrons. The third-order valence-corrected chi connectivity index (χ3v) is 3.81. The van der Waals surface area contributed by atoms with Crippen LogP contribution in [0.2, 0.25) is 0 Å². The number of fused-ring (bicyclic) bond motifs is 1. The Labute approximate surface area is 116 Å². The molecule has 0 saturated heterocycles. The highest BCUT2D eigenvalue weighted by atomic mass is 32.1. The van der Waals surface area contributed by atoms with E-state index in [1.807, 2.05) is 7.05 Å². The van der Waals surface area contributed by atoms with Gasteiger partial charge in [-0.25, -0.2) is 4.79 Å². The number of H-pyrrole nitrogens is 1. The molecule has 3 aromatic heterocycles. The largest absolute Gasteiger partial charge is 0.477 e. The highest BCUT2D eigenvalue weighted by Gasteiger charge is 2.16. The second-order valence-electron chi connectivity index (χ2n) is 4.25. The molecule has 0 bridgehead atoms. The predicted molar refractivity (Wildman–Crippen MR) is 74.3 cm³/mol. The van der Waals surface area contributed by atoms with Crippen LogP contribution in [0.3, 0.4) is 0 Å². The van der Waals surface area contributed by atoms with Gasteiger partial charge in [0.05, 0.1) is 10.9 Å². The van der Waals surface area contributed by atoms with Crippen LogP contribution in [0.25, 0.3) is 10.2 Å². The fourth-order valence-electron chi connectivity index (χ4n) is 1.83. The van der Waals surface area contributed by atoms with Crippen LogP contribution in [-0.4, -0.2) is 31.7 Å². The lowest BCUT2D eigenvalue weighted by atomic mass is 10.3. The van der Waals surface area contributed by atoms with Crippen molar-refractivity contribution in [1.29, 1.82) is 0 Å². The Morgan fingerprint density at radius 1 is 1.50 bits per heavy atom. The van der Waals surface area contributed by atoms with Crippen molar-refractivity contribution >= 4 is 39.2 Å². The number of nitrogens with zero attached hydrogens (tertiary/aromatic N) is 2. The maximum absolute atomic E-state index is 12.0. The molecule has 3 rings (SSSR count). The molecular formula is C12H10N4O3S. The van der Waals surface area contributed by atoms with Crippen LogP contribution >= 0.6 is 11.3 Å². The molecule has 0 fully saturated rings. The van der Waals surface area contributed by atoms with Gasteiger partial charge in [0.25, 0.3) is 5.91 Å². The summed E-state index contributed by atoms with van der Waals surface area (Å²) in [5, 5.41) is 18.9. The van der Waals surface area contributed by atoms with Crippen LogP contribution < -0.4 is 5.32 Å². The number of carbonyl (C=O) groups is 2. The first kappa shape index (κ1) is 12.4. The number of hydrogen-bond donors (Lipinski definition) is 3. The van der Waals surface area contributed by atoms with Gasteiger partial charge in [-0.05, 0) is 12.1 Å². The van der Waals surface area contributed by atoms with E-state index in [4.69, 9.17) is 5.11 Å². The molecule has 20 heavy (non-hydrogen) atoms. The van der Waals surface area contributed by atoms with Crippen molar-refractivity contribution in [2.24, 2.45) is 7.05 Å². The zero-order valence-corrected chi connectivity index (χ0v) is 11.2. The van der Waals surface area contributed by atoms with Crippen molar-refractivity contribution in [2.45, 2.75) is 0 Å². The van der Waals surface area contributed by atoms with E-state index >= 15 is 0 Å². The van der Waals surface area contributed by atoms with Gasteiger partial charge >= 0.3 is 5.97 Å². The zero-order valence-electron chi connectivity index (χ0n) is 10.4. The summed E-state index contributed by atoms with van der Waals surface area (Å²) >= 11 is 1.06. The monoisotopic (exact) mass is 290 g/mol. The van der Waals surface area contributed by atoms with Crippen molar-refractivity contribution < 1.29 is 14.7 Å². The first-order valence-electron chi connectivity index (χ1n) is 5.69. The standard InChI is InChI=1S/C12H10N4O3S/c1-16-3-2-6(5-16)10(17)13-9-7-4-8(12(18)19)20-11(7)15-14-9/h2-5H,1H3,(H,18,19)(H2,13,14,15,17). The van der Waals surface area contributed by atoms with E-state index in [-0.39, 0.29) is 10.8 Å². The van der Waals surface area contributed by atoms with Gasteiger partial charge < -0.3 is 15.0 Å². The van der Waals surface area contributed by atoms with Crippen LogP contribution in [0.4, 0.5) is 5.82 Å². The number of anilines is 1.